The van der Waals surface area contributed by atoms with Crippen LogP contribution in [0.15, 0.2) is 17.0 Å². The maximum Gasteiger partial charge on any atom is 0.409 e. The van der Waals surface area contributed by atoms with Crippen LogP contribution in [0.25, 0.3) is 0 Å². The predicted octanol–water partition coefficient (Wildman–Crippen LogP) is 1.39. The summed E-state index contributed by atoms with van der Waals surface area (Å²) >= 11 is 0. The molecule has 1 amide bonds. The number of carbonyl (C=O) groups excluding carboxylic acids is 1. The molecule has 100 valence electrons. The maximum atomic E-state index is 11.5. The molecule has 0 saturated carbocycles. The monoisotopic (exact) mass is 253 g/mol. The highest BCUT2D eigenvalue weighted by Crippen LogP contribution is 2.12. The van der Waals surface area contributed by atoms with Gasteiger partial charge in [-0.2, -0.15) is 0 Å². The number of amides is 1. The molecule has 0 aromatic carbocycles. The number of hydrogen-bond donors (Lipinski definition) is 1. The minimum absolute atomic E-state index is 0.203. The number of ether oxygens (including phenoxy) is 1. The van der Waals surface area contributed by atoms with Gasteiger partial charge in [-0.1, -0.05) is 0 Å². The van der Waals surface area contributed by atoms with Gasteiger partial charge >= 0.3 is 6.09 Å². The molecule has 0 atom stereocenters. The zero-order chi connectivity index (χ0) is 12.8. The number of carbonyl (C=O) groups is 1. The summed E-state index contributed by atoms with van der Waals surface area (Å²) in [6.07, 6.45) is 4.81. The van der Waals surface area contributed by atoms with Gasteiger partial charge in [-0.15, -0.1) is 0 Å². The normalized spacial score (nSPS) is 16.8. The van der Waals surface area contributed by atoms with Gasteiger partial charge in [-0.25, -0.2) is 9.78 Å². The summed E-state index contributed by atoms with van der Waals surface area (Å²) in [6.45, 7) is 4.43. The summed E-state index contributed by atoms with van der Waals surface area (Å²) < 4.78 is 10.1. The lowest BCUT2D eigenvalue weighted by Gasteiger charge is -2.31. The maximum absolute atomic E-state index is 11.5. The van der Waals surface area contributed by atoms with E-state index in [1.807, 2.05) is 6.92 Å². The van der Waals surface area contributed by atoms with Crippen LogP contribution in [0.1, 0.15) is 25.5 Å². The van der Waals surface area contributed by atoms with Gasteiger partial charge in [-0.05, 0) is 19.8 Å². The molecule has 0 bridgehead atoms. The molecule has 18 heavy (non-hydrogen) atoms. The first-order chi connectivity index (χ1) is 8.79. The van der Waals surface area contributed by atoms with Gasteiger partial charge < -0.3 is 19.4 Å². The molecule has 6 heteroatoms. The molecule has 1 aromatic heterocycles. The lowest BCUT2D eigenvalue weighted by molar-refractivity contribution is 0.0948. The van der Waals surface area contributed by atoms with Crippen molar-refractivity contribution >= 4 is 6.09 Å². The highest BCUT2D eigenvalue weighted by molar-refractivity contribution is 5.67. The molecule has 1 aliphatic heterocycles. The van der Waals surface area contributed by atoms with Crippen molar-refractivity contribution in [3.8, 4) is 0 Å². The van der Waals surface area contributed by atoms with Crippen LogP contribution in [-0.2, 0) is 11.3 Å². The minimum Gasteiger partial charge on any atom is -0.450 e. The second-order valence-corrected chi connectivity index (χ2v) is 4.31. The second-order valence-electron chi connectivity index (χ2n) is 4.31. The Morgan fingerprint density at radius 2 is 2.39 bits per heavy atom. The molecule has 1 N–H and O–H groups in total. The average Bonchev–Trinajstić information content (AvgIpc) is 2.90. The Morgan fingerprint density at radius 1 is 1.61 bits per heavy atom. The van der Waals surface area contributed by atoms with Gasteiger partial charge in [0.05, 0.1) is 19.3 Å². The van der Waals surface area contributed by atoms with Gasteiger partial charge in [0.25, 0.3) is 0 Å². The highest BCUT2D eigenvalue weighted by atomic mass is 16.6. The second kappa shape index (κ2) is 6.39. The molecule has 0 spiro atoms. The Balaban J connectivity index is 1.68. The van der Waals surface area contributed by atoms with Gasteiger partial charge in [-0.3, -0.25) is 0 Å². The van der Waals surface area contributed by atoms with Crippen molar-refractivity contribution in [3.63, 3.8) is 0 Å². The van der Waals surface area contributed by atoms with Gasteiger partial charge in [0.1, 0.15) is 5.76 Å². The van der Waals surface area contributed by atoms with E-state index in [0.29, 0.717) is 19.2 Å². The van der Waals surface area contributed by atoms with E-state index in [9.17, 15) is 4.79 Å². The van der Waals surface area contributed by atoms with Gasteiger partial charge in [0, 0.05) is 19.1 Å². The number of aromatic nitrogens is 1. The molecule has 2 rings (SSSR count). The van der Waals surface area contributed by atoms with Crippen LogP contribution >= 0.6 is 0 Å². The number of oxazole rings is 1. The van der Waals surface area contributed by atoms with Crippen molar-refractivity contribution in [2.45, 2.75) is 32.4 Å². The topological polar surface area (TPSA) is 67.6 Å². The van der Waals surface area contributed by atoms with E-state index in [1.165, 1.54) is 6.39 Å². The Hall–Kier alpha value is -1.56. The molecular weight excluding hydrogens is 234 g/mol. The number of likely N-dealkylation sites (tertiary alicyclic amines) is 1. The first-order valence-electron chi connectivity index (χ1n) is 6.32. The Kier molecular flexibility index (Phi) is 4.58. The summed E-state index contributed by atoms with van der Waals surface area (Å²) in [5, 5.41) is 3.40. The van der Waals surface area contributed by atoms with E-state index >= 15 is 0 Å². The molecule has 0 unspecified atom stereocenters. The summed E-state index contributed by atoms with van der Waals surface area (Å²) in [7, 11) is 0. The number of hydrogen-bond acceptors (Lipinski definition) is 5. The number of rotatable bonds is 4. The first kappa shape index (κ1) is 12.9. The van der Waals surface area contributed by atoms with Crippen LogP contribution in [0.3, 0.4) is 0 Å². The highest BCUT2D eigenvalue weighted by Gasteiger charge is 2.23. The minimum atomic E-state index is -0.203. The van der Waals surface area contributed by atoms with E-state index in [1.54, 1.807) is 11.1 Å². The van der Waals surface area contributed by atoms with E-state index in [-0.39, 0.29) is 6.09 Å². The average molecular weight is 253 g/mol. The Bertz CT molecular complexity index is 359. The Morgan fingerprint density at radius 3 is 3.00 bits per heavy atom. The van der Waals surface area contributed by atoms with Crippen molar-refractivity contribution in [1.82, 2.24) is 15.2 Å². The summed E-state index contributed by atoms with van der Waals surface area (Å²) in [6, 6.07) is 0.417. The van der Waals surface area contributed by atoms with Crippen molar-refractivity contribution in [1.29, 1.82) is 0 Å². The third-order valence-corrected chi connectivity index (χ3v) is 3.07. The molecule has 0 aliphatic carbocycles. The molecule has 6 nitrogen and oxygen atoms in total. The SMILES string of the molecule is CCOC(=O)N1CCC(NCc2cnco2)CC1. The number of nitrogens with one attached hydrogen (secondary N) is 1. The standard InChI is InChI=1S/C12H19N3O3/c1-2-17-12(16)15-5-3-10(4-6-15)14-8-11-7-13-9-18-11/h7,9-10,14H,2-6,8H2,1H3. The molecule has 0 radical (unpaired) electrons. The van der Waals surface area contributed by atoms with Gasteiger partial charge in [0.15, 0.2) is 6.39 Å². The number of piperidine rings is 1. The predicted molar refractivity (Wildman–Crippen MR) is 65.0 cm³/mol. The van der Waals surface area contributed by atoms with Crippen LogP contribution in [0.4, 0.5) is 4.79 Å². The molecule has 1 saturated heterocycles. The van der Waals surface area contributed by atoms with Crippen molar-refractivity contribution in [3.05, 3.63) is 18.4 Å². The van der Waals surface area contributed by atoms with Crippen LogP contribution in [-0.4, -0.2) is 41.7 Å². The first-order valence-corrected chi connectivity index (χ1v) is 6.32. The molecule has 1 fully saturated rings. The smallest absolute Gasteiger partial charge is 0.409 e. The molecule has 2 heterocycles. The fraction of sp³-hybridized carbons (Fsp3) is 0.667. The third-order valence-electron chi connectivity index (χ3n) is 3.07. The molecule has 1 aromatic rings. The van der Waals surface area contributed by atoms with Crippen LogP contribution in [0.5, 0.6) is 0 Å². The zero-order valence-corrected chi connectivity index (χ0v) is 10.6. The van der Waals surface area contributed by atoms with Crippen LogP contribution < -0.4 is 5.32 Å². The van der Waals surface area contributed by atoms with Crippen molar-refractivity contribution in [2.24, 2.45) is 0 Å². The number of nitrogens with zero attached hydrogens (tertiary/aromatic N) is 2. The van der Waals surface area contributed by atoms with Crippen molar-refractivity contribution in [2.75, 3.05) is 19.7 Å². The van der Waals surface area contributed by atoms with E-state index in [2.05, 4.69) is 10.3 Å². The molecule has 1 aliphatic rings. The summed E-state index contributed by atoms with van der Waals surface area (Å²) in [4.78, 5) is 17.1. The summed E-state index contributed by atoms with van der Waals surface area (Å²) in [5.41, 5.74) is 0. The quantitative estimate of drug-likeness (QED) is 0.878. The fourth-order valence-electron chi connectivity index (χ4n) is 2.06. The van der Waals surface area contributed by atoms with Crippen molar-refractivity contribution < 1.29 is 13.9 Å². The largest absolute Gasteiger partial charge is 0.450 e. The van der Waals surface area contributed by atoms with Crippen LogP contribution in [0, 0.1) is 0 Å². The lowest BCUT2D eigenvalue weighted by atomic mass is 10.1. The van der Waals surface area contributed by atoms with Crippen LogP contribution in [0.2, 0.25) is 0 Å². The third kappa shape index (κ3) is 3.46. The summed E-state index contributed by atoms with van der Waals surface area (Å²) in [5.74, 6) is 0.836. The zero-order valence-electron chi connectivity index (χ0n) is 10.6. The van der Waals surface area contributed by atoms with E-state index in [0.717, 1.165) is 31.7 Å². The van der Waals surface area contributed by atoms with E-state index < -0.39 is 0 Å². The van der Waals surface area contributed by atoms with E-state index in [4.69, 9.17) is 9.15 Å². The fourth-order valence-corrected chi connectivity index (χ4v) is 2.06. The Labute approximate surface area is 106 Å². The van der Waals surface area contributed by atoms with Gasteiger partial charge in [0.2, 0.25) is 0 Å². The lowest BCUT2D eigenvalue weighted by Crippen LogP contribution is -2.44. The molecular formula is C12H19N3O3.